The lowest BCUT2D eigenvalue weighted by atomic mass is 10.0. The van der Waals surface area contributed by atoms with Crippen LogP contribution in [0, 0.1) is 0 Å². The lowest BCUT2D eigenvalue weighted by Crippen LogP contribution is -2.61. The average Bonchev–Trinajstić information content (AvgIpc) is 3.27. The third kappa shape index (κ3) is 4.14. The van der Waals surface area contributed by atoms with Gasteiger partial charge in [0.2, 0.25) is 11.8 Å². The first-order chi connectivity index (χ1) is 16.0. The molecular formula is C26H25N3O4. The highest BCUT2D eigenvalue weighted by molar-refractivity contribution is 6.00. The van der Waals surface area contributed by atoms with Crippen LogP contribution in [-0.2, 0) is 16.0 Å². The van der Waals surface area contributed by atoms with Gasteiger partial charge < -0.3 is 20.3 Å². The molecule has 0 aromatic heterocycles. The van der Waals surface area contributed by atoms with Crippen LogP contribution in [-0.4, -0.2) is 54.4 Å². The van der Waals surface area contributed by atoms with E-state index in [1.54, 1.807) is 18.1 Å². The zero-order valence-corrected chi connectivity index (χ0v) is 18.3. The molecule has 0 radical (unpaired) electrons. The Hall–Kier alpha value is -3.87. The summed E-state index contributed by atoms with van der Waals surface area (Å²) < 4.78 is 5.17. The van der Waals surface area contributed by atoms with E-state index in [1.165, 1.54) is 0 Å². The highest BCUT2D eigenvalue weighted by Crippen LogP contribution is 2.25. The van der Waals surface area contributed by atoms with Gasteiger partial charge in [-0.2, -0.15) is 0 Å². The number of benzene rings is 3. The van der Waals surface area contributed by atoms with Gasteiger partial charge in [0.1, 0.15) is 17.8 Å². The maximum Gasteiger partial charge on any atom is 0.251 e. The maximum atomic E-state index is 13.1. The number of amides is 3. The van der Waals surface area contributed by atoms with Crippen LogP contribution in [0.25, 0.3) is 10.8 Å². The van der Waals surface area contributed by atoms with Crippen LogP contribution in [0.3, 0.4) is 0 Å². The van der Waals surface area contributed by atoms with Crippen LogP contribution in [0.4, 0.5) is 0 Å². The van der Waals surface area contributed by atoms with Gasteiger partial charge in [0.05, 0.1) is 7.11 Å². The van der Waals surface area contributed by atoms with Gasteiger partial charge >= 0.3 is 0 Å². The molecule has 3 atom stereocenters. The Morgan fingerprint density at radius 2 is 1.82 bits per heavy atom. The van der Waals surface area contributed by atoms with Gasteiger partial charge in [0.25, 0.3) is 5.91 Å². The molecule has 3 aromatic carbocycles. The van der Waals surface area contributed by atoms with Crippen molar-refractivity contribution in [3.8, 4) is 5.75 Å². The number of ether oxygens (including phenoxy) is 1. The second kappa shape index (κ2) is 8.58. The lowest BCUT2D eigenvalue weighted by molar-refractivity contribution is -0.147. The third-order valence-corrected chi connectivity index (χ3v) is 6.45. The fourth-order valence-electron chi connectivity index (χ4n) is 4.70. The van der Waals surface area contributed by atoms with Gasteiger partial charge in [0.15, 0.2) is 0 Å². The van der Waals surface area contributed by atoms with Crippen molar-refractivity contribution >= 4 is 28.5 Å². The van der Waals surface area contributed by atoms with Gasteiger partial charge in [-0.25, -0.2) is 0 Å². The number of piperazine rings is 1. The summed E-state index contributed by atoms with van der Waals surface area (Å²) in [6, 6.07) is 19.4. The third-order valence-electron chi connectivity index (χ3n) is 6.45. The summed E-state index contributed by atoms with van der Waals surface area (Å²) in [5.74, 6) is 0.254. The minimum atomic E-state index is -0.614. The van der Waals surface area contributed by atoms with E-state index in [2.05, 4.69) is 10.6 Å². The van der Waals surface area contributed by atoms with Crippen LogP contribution in [0.15, 0.2) is 66.7 Å². The van der Waals surface area contributed by atoms with E-state index in [0.29, 0.717) is 24.9 Å². The van der Waals surface area contributed by atoms with Crippen molar-refractivity contribution in [1.29, 1.82) is 0 Å². The predicted molar refractivity (Wildman–Crippen MR) is 124 cm³/mol. The minimum Gasteiger partial charge on any atom is -0.497 e. The Bertz CT molecular complexity index is 1220. The molecule has 3 amide bonds. The number of carbonyl (C=O) groups is 3. The highest BCUT2D eigenvalue weighted by Gasteiger charge is 2.46. The summed E-state index contributed by atoms with van der Waals surface area (Å²) in [7, 11) is 1.60. The smallest absolute Gasteiger partial charge is 0.251 e. The van der Waals surface area contributed by atoms with Gasteiger partial charge in [0, 0.05) is 24.6 Å². The van der Waals surface area contributed by atoms with E-state index in [0.717, 1.165) is 22.1 Å². The van der Waals surface area contributed by atoms with Gasteiger partial charge in [-0.3, -0.25) is 14.4 Å². The summed E-state index contributed by atoms with van der Waals surface area (Å²) in [4.78, 5) is 40.3. The quantitative estimate of drug-likeness (QED) is 0.634. The monoisotopic (exact) mass is 443 g/mol. The van der Waals surface area contributed by atoms with Gasteiger partial charge in [-0.05, 0) is 47.0 Å². The van der Waals surface area contributed by atoms with E-state index in [1.807, 2.05) is 60.7 Å². The number of nitrogens with one attached hydrogen (secondary N) is 2. The second-order valence-electron chi connectivity index (χ2n) is 8.59. The van der Waals surface area contributed by atoms with E-state index < -0.39 is 12.1 Å². The summed E-state index contributed by atoms with van der Waals surface area (Å²) in [6.07, 6.45) is 0.818. The molecule has 2 N–H and O–H groups in total. The molecule has 0 aliphatic carbocycles. The molecule has 2 saturated heterocycles. The second-order valence-corrected chi connectivity index (χ2v) is 8.59. The average molecular weight is 444 g/mol. The fourth-order valence-corrected chi connectivity index (χ4v) is 4.70. The number of fused-ring (bicyclic) bond motifs is 2. The van der Waals surface area contributed by atoms with E-state index in [9.17, 15) is 14.4 Å². The lowest BCUT2D eigenvalue weighted by Gasteiger charge is -2.34. The van der Waals surface area contributed by atoms with Crippen LogP contribution in [0.1, 0.15) is 22.3 Å². The van der Waals surface area contributed by atoms with Crippen LogP contribution >= 0.6 is 0 Å². The molecule has 2 heterocycles. The molecule has 2 fully saturated rings. The number of methoxy groups -OCH3 is 1. The first-order valence-electron chi connectivity index (χ1n) is 11.1. The molecule has 33 heavy (non-hydrogen) atoms. The maximum absolute atomic E-state index is 13.1. The Morgan fingerprint density at radius 3 is 2.58 bits per heavy atom. The van der Waals surface area contributed by atoms with Gasteiger partial charge in [-0.15, -0.1) is 0 Å². The molecule has 2 aliphatic heterocycles. The SMILES string of the molecule is COc1ccc(C[C@@H]2NC(=O)[C@@H]3C[C@H](NC(=O)c4ccc5ccccc5c4)CN3C2=O)cc1. The van der Waals surface area contributed by atoms with Crippen molar-refractivity contribution in [3.63, 3.8) is 0 Å². The zero-order chi connectivity index (χ0) is 22.9. The number of nitrogens with zero attached hydrogens (tertiary/aromatic N) is 1. The molecule has 5 rings (SSSR count). The molecule has 0 spiro atoms. The topological polar surface area (TPSA) is 87.7 Å². The number of carbonyl (C=O) groups excluding carboxylic acids is 3. The molecule has 7 nitrogen and oxygen atoms in total. The predicted octanol–water partition coefficient (Wildman–Crippen LogP) is 2.29. The Kier molecular flexibility index (Phi) is 5.46. The molecule has 0 unspecified atom stereocenters. The molecule has 2 aliphatic rings. The highest BCUT2D eigenvalue weighted by atomic mass is 16.5. The van der Waals surface area contributed by atoms with E-state index in [4.69, 9.17) is 4.74 Å². The number of hydrogen-bond acceptors (Lipinski definition) is 4. The van der Waals surface area contributed by atoms with Crippen LogP contribution in [0.5, 0.6) is 5.75 Å². The summed E-state index contributed by atoms with van der Waals surface area (Å²) in [5.41, 5.74) is 1.50. The van der Waals surface area contributed by atoms with E-state index >= 15 is 0 Å². The van der Waals surface area contributed by atoms with Crippen molar-refractivity contribution in [3.05, 3.63) is 77.9 Å². The largest absolute Gasteiger partial charge is 0.497 e. The number of rotatable bonds is 5. The zero-order valence-electron chi connectivity index (χ0n) is 18.3. The summed E-state index contributed by atoms with van der Waals surface area (Å²) in [6.45, 7) is 0.329. The fraction of sp³-hybridized carbons (Fsp3) is 0.269. The molecule has 0 saturated carbocycles. The molecular weight excluding hydrogens is 418 g/mol. The number of hydrogen-bond donors (Lipinski definition) is 2. The minimum absolute atomic E-state index is 0.113. The van der Waals surface area contributed by atoms with Crippen LogP contribution < -0.4 is 15.4 Å². The van der Waals surface area contributed by atoms with Crippen molar-refractivity contribution in [2.24, 2.45) is 0 Å². The normalized spacial score (nSPS) is 22.1. The Labute approximate surface area is 191 Å². The Balaban J connectivity index is 1.25. The van der Waals surface area contributed by atoms with Gasteiger partial charge in [-0.1, -0.05) is 42.5 Å². The van der Waals surface area contributed by atoms with Crippen molar-refractivity contribution in [2.75, 3.05) is 13.7 Å². The van der Waals surface area contributed by atoms with Crippen molar-refractivity contribution < 1.29 is 19.1 Å². The van der Waals surface area contributed by atoms with Crippen molar-refractivity contribution in [1.82, 2.24) is 15.5 Å². The summed E-state index contributed by atoms with van der Waals surface area (Å²) in [5, 5.41) is 7.93. The van der Waals surface area contributed by atoms with Crippen molar-refractivity contribution in [2.45, 2.75) is 31.0 Å². The Morgan fingerprint density at radius 1 is 1.06 bits per heavy atom. The molecule has 7 heteroatoms. The molecule has 3 aromatic rings. The van der Waals surface area contributed by atoms with E-state index in [-0.39, 0.29) is 23.8 Å². The van der Waals surface area contributed by atoms with Crippen LogP contribution in [0.2, 0.25) is 0 Å². The first-order valence-corrected chi connectivity index (χ1v) is 11.1. The first kappa shape index (κ1) is 21.0. The molecule has 0 bridgehead atoms. The standard InChI is InChI=1S/C26H25N3O4/c1-33-21-10-6-16(7-11-21)12-22-26(32)29-15-20(14-23(29)25(31)28-22)27-24(30)19-9-8-17-4-2-3-5-18(17)13-19/h2-11,13,20,22-23H,12,14-15H2,1H3,(H,27,30)(H,28,31)/t20-,22-,23-/m0/s1. The molecule has 168 valence electrons. The summed E-state index contributed by atoms with van der Waals surface area (Å²) >= 11 is 0.